The minimum Gasteiger partial charge on any atom is -0.462 e. The van der Waals surface area contributed by atoms with Crippen molar-refractivity contribution in [2.24, 2.45) is 7.05 Å². The molecule has 4 aromatic heterocycles. The quantitative estimate of drug-likeness (QED) is 0.491. The average molecular weight is 433 g/mol. The number of aryl methyl sites for hydroxylation is 1. The van der Waals surface area contributed by atoms with Gasteiger partial charge in [-0.3, -0.25) is 14.5 Å². The maximum atomic E-state index is 15.6. The Hall–Kier alpha value is -3.55. The number of pyridine rings is 2. The van der Waals surface area contributed by atoms with Crippen LogP contribution in [0.4, 0.5) is 4.39 Å². The van der Waals surface area contributed by atoms with Crippen molar-refractivity contribution < 1.29 is 13.6 Å². The third-order valence-corrected chi connectivity index (χ3v) is 5.97. The second kappa shape index (κ2) is 8.53. The van der Waals surface area contributed by atoms with Gasteiger partial charge < -0.3 is 9.73 Å². The van der Waals surface area contributed by atoms with Gasteiger partial charge in [0.05, 0.1) is 18.2 Å². The summed E-state index contributed by atoms with van der Waals surface area (Å²) in [6, 6.07) is 6.73. The summed E-state index contributed by atoms with van der Waals surface area (Å²) in [6.07, 6.45) is 10.4. The molecule has 1 aliphatic carbocycles. The lowest BCUT2D eigenvalue weighted by atomic mass is 9.95. The van der Waals surface area contributed by atoms with Crippen LogP contribution in [0.2, 0.25) is 0 Å². The number of halogens is 1. The molecule has 164 valence electrons. The molecule has 1 atom stereocenters. The second-order valence-corrected chi connectivity index (χ2v) is 8.28. The standard InChI is InChI=1S/C24H24FN5O2/c1-30-14-16(13-27-30)19-8-7-15(12-26-19)22(25)18-11-21(29-20-9-10-32-23(18)20)24(31)28-17-5-3-2-4-6-17/h7-14,17,22H,2-6H2,1H3,(H,28,31). The molecule has 5 rings (SSSR count). The maximum Gasteiger partial charge on any atom is 0.270 e. The van der Waals surface area contributed by atoms with Gasteiger partial charge in [0.1, 0.15) is 11.2 Å². The van der Waals surface area contributed by atoms with E-state index in [2.05, 4.69) is 20.4 Å². The minimum absolute atomic E-state index is 0.145. The third-order valence-electron chi connectivity index (χ3n) is 5.97. The Bertz CT molecular complexity index is 1240. The number of nitrogens with one attached hydrogen (secondary N) is 1. The first-order valence-corrected chi connectivity index (χ1v) is 10.9. The van der Waals surface area contributed by atoms with Crippen molar-refractivity contribution in [3.05, 3.63) is 65.9 Å². The zero-order chi connectivity index (χ0) is 22.1. The van der Waals surface area contributed by atoms with Crippen LogP contribution < -0.4 is 5.32 Å². The lowest BCUT2D eigenvalue weighted by Gasteiger charge is -2.22. The van der Waals surface area contributed by atoms with Gasteiger partial charge in [-0.15, -0.1) is 0 Å². The monoisotopic (exact) mass is 433 g/mol. The summed E-state index contributed by atoms with van der Waals surface area (Å²) in [5, 5.41) is 7.19. The van der Waals surface area contributed by atoms with E-state index in [1.54, 1.807) is 29.1 Å². The zero-order valence-electron chi connectivity index (χ0n) is 17.8. The molecule has 7 nitrogen and oxygen atoms in total. The van der Waals surface area contributed by atoms with Crippen molar-refractivity contribution in [3.63, 3.8) is 0 Å². The number of hydrogen-bond donors (Lipinski definition) is 1. The van der Waals surface area contributed by atoms with Gasteiger partial charge in [0.25, 0.3) is 5.91 Å². The number of fused-ring (bicyclic) bond motifs is 1. The Morgan fingerprint density at radius 3 is 2.78 bits per heavy atom. The molecular formula is C24H24FN5O2. The number of alkyl halides is 1. The highest BCUT2D eigenvalue weighted by atomic mass is 19.1. The summed E-state index contributed by atoms with van der Waals surface area (Å²) in [4.78, 5) is 21.6. The number of rotatable bonds is 5. The number of nitrogens with zero attached hydrogens (tertiary/aromatic N) is 4. The average Bonchev–Trinajstić information content (AvgIpc) is 3.47. The van der Waals surface area contributed by atoms with Gasteiger partial charge >= 0.3 is 0 Å². The zero-order valence-corrected chi connectivity index (χ0v) is 17.8. The summed E-state index contributed by atoms with van der Waals surface area (Å²) in [5.41, 5.74) is 3.20. The molecule has 1 saturated carbocycles. The number of hydrogen-bond acceptors (Lipinski definition) is 5. The minimum atomic E-state index is -1.51. The molecule has 32 heavy (non-hydrogen) atoms. The van der Waals surface area contributed by atoms with Crippen molar-refractivity contribution in [1.82, 2.24) is 25.1 Å². The van der Waals surface area contributed by atoms with Crippen molar-refractivity contribution >= 4 is 17.0 Å². The molecule has 0 aliphatic heterocycles. The van der Waals surface area contributed by atoms with Crippen LogP contribution in [-0.4, -0.2) is 31.7 Å². The highest BCUT2D eigenvalue weighted by Crippen LogP contribution is 2.33. The number of aromatic nitrogens is 4. The number of carbonyl (C=O) groups excluding carboxylic acids is 1. The third kappa shape index (κ3) is 4.00. The molecule has 0 aromatic carbocycles. The van der Waals surface area contributed by atoms with Gasteiger partial charge in [-0.05, 0) is 25.0 Å². The van der Waals surface area contributed by atoms with Crippen molar-refractivity contribution in [1.29, 1.82) is 0 Å². The maximum absolute atomic E-state index is 15.6. The SMILES string of the molecule is Cn1cc(-c2ccc(C(F)c3cc(C(=O)NC4CCCCC4)nc4ccoc34)cn2)cn1. The molecular weight excluding hydrogens is 409 g/mol. The smallest absolute Gasteiger partial charge is 0.270 e. The van der Waals surface area contributed by atoms with E-state index < -0.39 is 6.17 Å². The van der Waals surface area contributed by atoms with Gasteiger partial charge in [0, 0.05) is 48.2 Å². The van der Waals surface area contributed by atoms with E-state index >= 15 is 4.39 Å². The Morgan fingerprint density at radius 2 is 2.06 bits per heavy atom. The Kier molecular flexibility index (Phi) is 5.43. The first kappa shape index (κ1) is 20.4. The Balaban J connectivity index is 1.43. The normalized spacial score (nSPS) is 15.7. The number of carbonyl (C=O) groups is 1. The highest BCUT2D eigenvalue weighted by Gasteiger charge is 2.24. The Labute approximate surface area is 184 Å². The predicted molar refractivity (Wildman–Crippen MR) is 118 cm³/mol. The predicted octanol–water partition coefficient (Wildman–Crippen LogP) is 4.74. The van der Waals surface area contributed by atoms with Gasteiger partial charge in [-0.1, -0.05) is 25.3 Å². The first-order valence-electron chi connectivity index (χ1n) is 10.9. The van der Waals surface area contributed by atoms with E-state index in [4.69, 9.17) is 4.42 Å². The summed E-state index contributed by atoms with van der Waals surface area (Å²) < 4.78 is 22.8. The summed E-state index contributed by atoms with van der Waals surface area (Å²) in [7, 11) is 1.83. The van der Waals surface area contributed by atoms with Gasteiger partial charge in [0.2, 0.25) is 0 Å². The molecule has 1 N–H and O–H groups in total. The second-order valence-electron chi connectivity index (χ2n) is 8.28. The fourth-order valence-corrected chi connectivity index (χ4v) is 4.25. The van der Waals surface area contributed by atoms with E-state index in [1.165, 1.54) is 24.9 Å². The summed E-state index contributed by atoms with van der Waals surface area (Å²) in [5.74, 6) is -0.279. The van der Waals surface area contributed by atoms with Crippen LogP contribution in [0.1, 0.15) is 59.9 Å². The molecule has 0 spiro atoms. The molecule has 4 heterocycles. The lowest BCUT2D eigenvalue weighted by Crippen LogP contribution is -2.36. The molecule has 8 heteroatoms. The van der Waals surface area contributed by atoms with Crippen molar-refractivity contribution in [3.8, 4) is 11.3 Å². The van der Waals surface area contributed by atoms with Crippen LogP contribution >= 0.6 is 0 Å². The van der Waals surface area contributed by atoms with E-state index in [0.717, 1.165) is 31.2 Å². The molecule has 1 aliphatic rings. The fourth-order valence-electron chi connectivity index (χ4n) is 4.25. The van der Waals surface area contributed by atoms with E-state index in [1.807, 2.05) is 13.2 Å². The number of furan rings is 1. The van der Waals surface area contributed by atoms with E-state index in [-0.39, 0.29) is 23.2 Å². The molecule has 0 saturated heterocycles. The van der Waals surface area contributed by atoms with Gasteiger partial charge in [-0.25, -0.2) is 9.37 Å². The summed E-state index contributed by atoms with van der Waals surface area (Å²) >= 11 is 0. The fraction of sp³-hybridized carbons (Fsp3) is 0.333. The molecule has 0 bridgehead atoms. The van der Waals surface area contributed by atoms with E-state index in [0.29, 0.717) is 22.4 Å². The van der Waals surface area contributed by atoms with Crippen LogP contribution in [0.15, 0.2) is 53.5 Å². The summed E-state index contributed by atoms with van der Waals surface area (Å²) in [6.45, 7) is 0. The topological polar surface area (TPSA) is 85.8 Å². The van der Waals surface area contributed by atoms with Crippen molar-refractivity contribution in [2.45, 2.75) is 44.3 Å². The van der Waals surface area contributed by atoms with E-state index in [9.17, 15) is 4.79 Å². The van der Waals surface area contributed by atoms with Gasteiger partial charge in [0.15, 0.2) is 11.8 Å². The molecule has 0 radical (unpaired) electrons. The van der Waals surface area contributed by atoms with Crippen molar-refractivity contribution in [2.75, 3.05) is 0 Å². The highest BCUT2D eigenvalue weighted by molar-refractivity contribution is 5.95. The van der Waals surface area contributed by atoms with Crippen LogP contribution in [0, 0.1) is 0 Å². The van der Waals surface area contributed by atoms with Crippen LogP contribution in [0.3, 0.4) is 0 Å². The molecule has 1 amide bonds. The van der Waals surface area contributed by atoms with Crippen LogP contribution in [0.5, 0.6) is 0 Å². The number of amides is 1. The molecule has 4 aromatic rings. The largest absolute Gasteiger partial charge is 0.462 e. The van der Waals surface area contributed by atoms with Crippen LogP contribution in [-0.2, 0) is 7.05 Å². The molecule has 1 unspecified atom stereocenters. The Morgan fingerprint density at radius 1 is 1.22 bits per heavy atom. The van der Waals surface area contributed by atoms with Gasteiger partial charge in [-0.2, -0.15) is 5.10 Å². The first-order chi connectivity index (χ1) is 15.6. The lowest BCUT2D eigenvalue weighted by molar-refractivity contribution is 0.0923. The van der Waals surface area contributed by atoms with Crippen LogP contribution in [0.25, 0.3) is 22.4 Å². The molecule has 1 fully saturated rings.